The van der Waals surface area contributed by atoms with Gasteiger partial charge >= 0.3 is 5.97 Å². The predicted octanol–water partition coefficient (Wildman–Crippen LogP) is 2.04. The monoisotopic (exact) mass is 211 g/mol. The van der Waals surface area contributed by atoms with Gasteiger partial charge < -0.3 is 10.4 Å². The fourth-order valence-corrected chi connectivity index (χ4v) is 2.21. The molecule has 15 heavy (non-hydrogen) atoms. The Bertz CT molecular complexity index is 260. The Balaban J connectivity index is 2.35. The van der Waals surface area contributed by atoms with Gasteiger partial charge in [0.25, 0.3) is 0 Å². The lowest BCUT2D eigenvalue weighted by Crippen LogP contribution is -2.33. The van der Waals surface area contributed by atoms with Crippen LogP contribution < -0.4 is 5.32 Å². The van der Waals surface area contributed by atoms with Gasteiger partial charge in [-0.2, -0.15) is 0 Å². The summed E-state index contributed by atoms with van der Waals surface area (Å²) in [6, 6.07) is 0.553. The molecule has 1 saturated carbocycles. The van der Waals surface area contributed by atoms with Crippen LogP contribution in [0, 0.1) is 11.8 Å². The summed E-state index contributed by atoms with van der Waals surface area (Å²) in [5.74, 6) is 0.621. The lowest BCUT2D eigenvalue weighted by Gasteiger charge is -2.19. The molecule has 0 aromatic heterocycles. The zero-order chi connectivity index (χ0) is 11.4. The van der Waals surface area contributed by atoms with Gasteiger partial charge in [0.05, 0.1) is 0 Å². The molecule has 3 nitrogen and oxygen atoms in total. The van der Waals surface area contributed by atoms with E-state index >= 15 is 0 Å². The molecule has 3 atom stereocenters. The Kier molecular flexibility index (Phi) is 4.33. The molecule has 3 unspecified atom stereocenters. The van der Waals surface area contributed by atoms with Gasteiger partial charge in [0.2, 0.25) is 0 Å². The largest absolute Gasteiger partial charge is 0.478 e. The molecule has 0 amide bonds. The van der Waals surface area contributed by atoms with E-state index in [0.717, 1.165) is 11.5 Å². The van der Waals surface area contributed by atoms with Crippen molar-refractivity contribution in [2.24, 2.45) is 11.8 Å². The Labute approximate surface area is 91.6 Å². The van der Waals surface area contributed by atoms with Crippen molar-refractivity contribution in [1.29, 1.82) is 0 Å². The molecular weight excluding hydrogens is 190 g/mol. The molecule has 1 fully saturated rings. The number of carboxylic acid groups (broad SMARTS) is 1. The fraction of sp³-hybridized carbons (Fsp3) is 0.750. The van der Waals surface area contributed by atoms with Gasteiger partial charge in [0, 0.05) is 18.7 Å². The van der Waals surface area contributed by atoms with Crippen molar-refractivity contribution in [3.05, 3.63) is 11.6 Å². The second-order valence-corrected chi connectivity index (χ2v) is 4.73. The van der Waals surface area contributed by atoms with Crippen LogP contribution in [0.3, 0.4) is 0 Å². The van der Waals surface area contributed by atoms with E-state index < -0.39 is 5.97 Å². The van der Waals surface area contributed by atoms with Crippen LogP contribution in [0.2, 0.25) is 0 Å². The molecule has 0 radical (unpaired) electrons. The third-order valence-electron chi connectivity index (χ3n) is 3.48. The van der Waals surface area contributed by atoms with Crippen LogP contribution in [-0.2, 0) is 4.79 Å². The molecule has 0 aromatic carbocycles. The van der Waals surface area contributed by atoms with Crippen LogP contribution in [0.1, 0.15) is 33.6 Å². The van der Waals surface area contributed by atoms with Crippen LogP contribution >= 0.6 is 0 Å². The lowest BCUT2D eigenvalue weighted by molar-refractivity contribution is -0.131. The van der Waals surface area contributed by atoms with Crippen molar-refractivity contribution in [1.82, 2.24) is 5.32 Å². The summed E-state index contributed by atoms with van der Waals surface area (Å²) < 4.78 is 0. The van der Waals surface area contributed by atoms with Gasteiger partial charge in [-0.3, -0.25) is 0 Å². The van der Waals surface area contributed by atoms with Crippen molar-refractivity contribution in [3.63, 3.8) is 0 Å². The van der Waals surface area contributed by atoms with Crippen molar-refractivity contribution in [3.8, 4) is 0 Å². The summed E-state index contributed by atoms with van der Waals surface area (Å²) in [5.41, 5.74) is 0.884. The van der Waals surface area contributed by atoms with Crippen LogP contribution in [-0.4, -0.2) is 23.7 Å². The zero-order valence-corrected chi connectivity index (χ0v) is 9.79. The van der Waals surface area contributed by atoms with Crippen LogP contribution in [0.5, 0.6) is 0 Å². The second-order valence-electron chi connectivity index (χ2n) is 4.73. The molecule has 1 aliphatic rings. The maximum absolute atomic E-state index is 10.4. The number of aliphatic carboxylic acids is 1. The van der Waals surface area contributed by atoms with Crippen LogP contribution in [0.15, 0.2) is 11.6 Å². The van der Waals surface area contributed by atoms with E-state index in [2.05, 4.69) is 19.2 Å². The van der Waals surface area contributed by atoms with E-state index in [0.29, 0.717) is 18.5 Å². The van der Waals surface area contributed by atoms with Gasteiger partial charge in [0.1, 0.15) is 0 Å². The molecule has 0 spiro atoms. The lowest BCUT2D eigenvalue weighted by atomic mass is 9.98. The summed E-state index contributed by atoms with van der Waals surface area (Å²) in [5, 5.41) is 12.0. The van der Waals surface area contributed by atoms with Crippen LogP contribution in [0.4, 0.5) is 0 Å². The molecule has 86 valence electrons. The third-order valence-corrected chi connectivity index (χ3v) is 3.48. The average Bonchev–Trinajstić information content (AvgIpc) is 2.44. The van der Waals surface area contributed by atoms with Gasteiger partial charge in [-0.15, -0.1) is 0 Å². The number of hydrogen-bond donors (Lipinski definition) is 2. The summed E-state index contributed by atoms with van der Waals surface area (Å²) in [6.07, 6.45) is 3.76. The molecule has 0 bridgehead atoms. The summed E-state index contributed by atoms with van der Waals surface area (Å²) in [4.78, 5) is 10.4. The van der Waals surface area contributed by atoms with Gasteiger partial charge in [0.15, 0.2) is 0 Å². The fourth-order valence-electron chi connectivity index (χ4n) is 2.21. The SMILES string of the molecule is CC(=CC(=O)O)CNC1CCC(C)C1C. The predicted molar refractivity (Wildman–Crippen MR) is 60.7 cm³/mol. The van der Waals surface area contributed by atoms with Crippen LogP contribution in [0.25, 0.3) is 0 Å². The zero-order valence-electron chi connectivity index (χ0n) is 9.79. The number of carboxylic acids is 1. The summed E-state index contributed by atoms with van der Waals surface area (Å²) in [6.45, 7) is 7.09. The first-order valence-electron chi connectivity index (χ1n) is 5.64. The minimum Gasteiger partial charge on any atom is -0.478 e. The highest BCUT2D eigenvalue weighted by Gasteiger charge is 2.28. The van der Waals surface area contributed by atoms with Crippen molar-refractivity contribution >= 4 is 5.97 Å². The highest BCUT2D eigenvalue weighted by atomic mass is 16.4. The van der Waals surface area contributed by atoms with Gasteiger partial charge in [-0.25, -0.2) is 4.79 Å². The summed E-state index contributed by atoms with van der Waals surface area (Å²) >= 11 is 0. The third kappa shape index (κ3) is 3.67. The highest BCUT2D eigenvalue weighted by Crippen LogP contribution is 2.30. The van der Waals surface area contributed by atoms with Crippen molar-refractivity contribution in [2.75, 3.05) is 6.54 Å². The normalized spacial score (nSPS) is 31.9. The first-order chi connectivity index (χ1) is 7.00. The minimum absolute atomic E-state index is 0.553. The van der Waals surface area contributed by atoms with E-state index in [-0.39, 0.29) is 0 Å². The highest BCUT2D eigenvalue weighted by molar-refractivity contribution is 5.80. The standard InChI is InChI=1S/C12H21NO2/c1-8(6-12(14)15)7-13-11-5-4-9(2)10(11)3/h6,9-11,13H,4-5,7H2,1-3H3,(H,14,15). The minimum atomic E-state index is -0.859. The Morgan fingerprint density at radius 1 is 1.47 bits per heavy atom. The van der Waals surface area contributed by atoms with E-state index in [1.807, 2.05) is 6.92 Å². The van der Waals surface area contributed by atoms with Crippen molar-refractivity contribution in [2.45, 2.75) is 39.7 Å². The van der Waals surface area contributed by atoms with E-state index in [9.17, 15) is 4.79 Å². The molecule has 0 aliphatic heterocycles. The second kappa shape index (κ2) is 5.31. The first-order valence-corrected chi connectivity index (χ1v) is 5.64. The number of nitrogens with one attached hydrogen (secondary N) is 1. The van der Waals surface area contributed by atoms with Crippen molar-refractivity contribution < 1.29 is 9.90 Å². The van der Waals surface area contributed by atoms with Gasteiger partial charge in [-0.05, 0) is 31.6 Å². The maximum atomic E-state index is 10.4. The van der Waals surface area contributed by atoms with E-state index in [4.69, 9.17) is 5.11 Å². The molecule has 3 heteroatoms. The summed E-state index contributed by atoms with van der Waals surface area (Å²) in [7, 11) is 0. The Morgan fingerprint density at radius 2 is 2.13 bits per heavy atom. The molecule has 1 rings (SSSR count). The molecule has 0 heterocycles. The Hall–Kier alpha value is -0.830. The topological polar surface area (TPSA) is 49.3 Å². The number of rotatable bonds is 4. The molecule has 2 N–H and O–H groups in total. The quantitative estimate of drug-likeness (QED) is 0.700. The van der Waals surface area contributed by atoms with E-state index in [1.165, 1.54) is 18.9 Å². The first kappa shape index (κ1) is 12.2. The van der Waals surface area contributed by atoms with E-state index in [1.54, 1.807) is 0 Å². The molecule has 1 aliphatic carbocycles. The Morgan fingerprint density at radius 3 is 2.60 bits per heavy atom. The number of carbonyl (C=O) groups is 1. The molecular formula is C12H21NO2. The average molecular weight is 211 g/mol. The van der Waals surface area contributed by atoms with Gasteiger partial charge in [-0.1, -0.05) is 19.4 Å². The smallest absolute Gasteiger partial charge is 0.328 e. The molecule has 0 saturated heterocycles. The number of hydrogen-bond acceptors (Lipinski definition) is 2. The molecule has 0 aromatic rings. The maximum Gasteiger partial charge on any atom is 0.328 e.